The molecule has 3 aromatic rings. The van der Waals surface area contributed by atoms with Crippen molar-refractivity contribution in [1.82, 2.24) is 19.7 Å². The minimum absolute atomic E-state index is 0.0444. The monoisotopic (exact) mass is 405 g/mol. The van der Waals surface area contributed by atoms with Gasteiger partial charge in [0.15, 0.2) is 5.69 Å². The van der Waals surface area contributed by atoms with Crippen molar-refractivity contribution in [2.24, 2.45) is 0 Å². The summed E-state index contributed by atoms with van der Waals surface area (Å²) in [4.78, 5) is 22.7. The van der Waals surface area contributed by atoms with Crippen LogP contribution in [0.5, 0.6) is 0 Å². The number of morpholine rings is 1. The molecular weight excluding hydrogens is 387 g/mol. The van der Waals surface area contributed by atoms with Gasteiger partial charge in [0.25, 0.3) is 5.91 Å². The maximum absolute atomic E-state index is 12.7. The summed E-state index contributed by atoms with van der Waals surface area (Å²) >= 11 is 0. The topological polar surface area (TPSA) is 71.8 Å². The number of rotatable bonds is 4. The molecule has 1 amide bonds. The van der Waals surface area contributed by atoms with Crippen LogP contribution in [0.25, 0.3) is 5.52 Å². The van der Waals surface area contributed by atoms with Gasteiger partial charge in [-0.2, -0.15) is 13.2 Å². The molecule has 0 saturated carbocycles. The molecule has 0 spiro atoms. The van der Waals surface area contributed by atoms with Crippen molar-refractivity contribution >= 4 is 17.4 Å². The van der Waals surface area contributed by atoms with E-state index in [0.717, 1.165) is 12.3 Å². The van der Waals surface area contributed by atoms with Crippen molar-refractivity contribution in [3.8, 4) is 0 Å². The Morgan fingerprint density at radius 3 is 2.66 bits per heavy atom. The first-order valence-electron chi connectivity index (χ1n) is 9.03. The van der Waals surface area contributed by atoms with E-state index in [4.69, 9.17) is 4.74 Å². The quantitative estimate of drug-likeness (QED) is 0.722. The summed E-state index contributed by atoms with van der Waals surface area (Å²) in [7, 11) is 0. The third kappa shape index (κ3) is 4.02. The van der Waals surface area contributed by atoms with Gasteiger partial charge in [-0.1, -0.05) is 12.1 Å². The van der Waals surface area contributed by atoms with E-state index in [1.165, 1.54) is 6.07 Å². The summed E-state index contributed by atoms with van der Waals surface area (Å²) in [5, 5.41) is 2.70. The Labute approximate surface area is 164 Å². The van der Waals surface area contributed by atoms with Gasteiger partial charge in [-0.3, -0.25) is 14.2 Å². The molecule has 0 unspecified atom stereocenters. The normalized spacial score (nSPS) is 14.9. The largest absolute Gasteiger partial charge is 0.433 e. The van der Waals surface area contributed by atoms with Crippen LogP contribution in [-0.2, 0) is 17.5 Å². The van der Waals surface area contributed by atoms with E-state index < -0.39 is 17.8 Å². The number of anilines is 1. The van der Waals surface area contributed by atoms with Gasteiger partial charge in [0, 0.05) is 32.0 Å². The van der Waals surface area contributed by atoms with E-state index in [1.54, 1.807) is 6.07 Å². The van der Waals surface area contributed by atoms with E-state index in [1.807, 2.05) is 27.6 Å². The van der Waals surface area contributed by atoms with Crippen LogP contribution in [0.3, 0.4) is 0 Å². The fraction of sp³-hybridized carbons (Fsp3) is 0.316. The van der Waals surface area contributed by atoms with Crippen LogP contribution >= 0.6 is 0 Å². The summed E-state index contributed by atoms with van der Waals surface area (Å²) in [5.41, 5.74) is 0.398. The third-order valence-electron chi connectivity index (χ3n) is 4.61. The molecule has 1 aliphatic heterocycles. The van der Waals surface area contributed by atoms with Crippen LogP contribution in [0.1, 0.15) is 21.7 Å². The Hall–Kier alpha value is -3.14. The van der Waals surface area contributed by atoms with Crippen LogP contribution in [0.15, 0.2) is 42.7 Å². The molecule has 29 heavy (non-hydrogen) atoms. The molecule has 10 heteroatoms. The molecule has 0 aliphatic carbocycles. The average molecular weight is 405 g/mol. The molecule has 1 fully saturated rings. The summed E-state index contributed by atoms with van der Waals surface area (Å²) in [6, 6.07) is 7.65. The molecule has 0 aromatic carbocycles. The number of hydrogen-bond acceptors (Lipinski definition) is 5. The molecule has 3 aromatic heterocycles. The number of fused-ring (bicyclic) bond motifs is 1. The molecule has 4 heterocycles. The van der Waals surface area contributed by atoms with Crippen LogP contribution in [0.2, 0.25) is 0 Å². The number of nitrogens with zero attached hydrogens (tertiary/aromatic N) is 4. The van der Waals surface area contributed by atoms with E-state index in [2.05, 4.69) is 15.3 Å². The highest BCUT2D eigenvalue weighted by Gasteiger charge is 2.32. The zero-order valence-electron chi connectivity index (χ0n) is 15.3. The van der Waals surface area contributed by atoms with E-state index in [9.17, 15) is 18.0 Å². The average Bonchev–Trinajstić information content (AvgIpc) is 3.12. The van der Waals surface area contributed by atoms with Crippen molar-refractivity contribution in [2.75, 3.05) is 31.2 Å². The van der Waals surface area contributed by atoms with Gasteiger partial charge >= 0.3 is 6.18 Å². The number of carbonyl (C=O) groups excluding carboxylic acids is 1. The number of amides is 1. The highest BCUT2D eigenvalue weighted by molar-refractivity contribution is 5.99. The zero-order valence-corrected chi connectivity index (χ0v) is 15.3. The number of aromatic nitrogens is 3. The van der Waals surface area contributed by atoms with Crippen LogP contribution in [0, 0.1) is 0 Å². The van der Waals surface area contributed by atoms with Crippen molar-refractivity contribution in [1.29, 1.82) is 0 Å². The Balaban J connectivity index is 1.53. The van der Waals surface area contributed by atoms with Crippen LogP contribution in [-0.4, -0.2) is 46.6 Å². The molecule has 1 saturated heterocycles. The molecule has 152 valence electrons. The molecule has 0 radical (unpaired) electrons. The number of carbonyl (C=O) groups is 1. The summed E-state index contributed by atoms with van der Waals surface area (Å²) in [6.45, 7) is 2.57. The molecule has 0 bridgehead atoms. The SMILES string of the molecule is O=C(NCc1ccc(C(F)(F)F)nc1)c1nc(N2CCOCC2)n2ccccc12. The Bertz CT molecular complexity index is 1010. The lowest BCUT2D eigenvalue weighted by Crippen LogP contribution is -2.37. The second-order valence-electron chi connectivity index (χ2n) is 6.55. The highest BCUT2D eigenvalue weighted by Crippen LogP contribution is 2.27. The number of hydrogen-bond donors (Lipinski definition) is 1. The van der Waals surface area contributed by atoms with Gasteiger partial charge in [0.1, 0.15) is 5.69 Å². The zero-order chi connectivity index (χ0) is 20.4. The maximum atomic E-state index is 12.7. The summed E-state index contributed by atoms with van der Waals surface area (Å²) in [6.07, 6.45) is -1.55. The Kier molecular flexibility index (Phi) is 5.10. The number of halogens is 3. The highest BCUT2D eigenvalue weighted by atomic mass is 19.4. The van der Waals surface area contributed by atoms with E-state index >= 15 is 0 Å². The number of ether oxygens (including phenoxy) is 1. The first-order valence-corrected chi connectivity index (χ1v) is 9.03. The minimum atomic E-state index is -4.49. The Morgan fingerprint density at radius 2 is 1.97 bits per heavy atom. The Morgan fingerprint density at radius 1 is 1.17 bits per heavy atom. The lowest BCUT2D eigenvalue weighted by Gasteiger charge is -2.27. The van der Waals surface area contributed by atoms with Gasteiger partial charge in [-0.25, -0.2) is 4.98 Å². The fourth-order valence-electron chi connectivity index (χ4n) is 3.14. The second-order valence-corrected chi connectivity index (χ2v) is 6.55. The van der Waals surface area contributed by atoms with E-state index in [-0.39, 0.29) is 12.2 Å². The minimum Gasteiger partial charge on any atom is -0.378 e. The van der Waals surface area contributed by atoms with Gasteiger partial charge < -0.3 is 15.0 Å². The maximum Gasteiger partial charge on any atom is 0.433 e. The van der Waals surface area contributed by atoms with Crippen molar-refractivity contribution in [3.05, 3.63) is 59.7 Å². The molecule has 1 aliphatic rings. The second kappa shape index (κ2) is 7.70. The fourth-order valence-corrected chi connectivity index (χ4v) is 3.14. The molecular formula is C19H18F3N5O2. The summed E-state index contributed by atoms with van der Waals surface area (Å²) < 4.78 is 45.0. The van der Waals surface area contributed by atoms with Gasteiger partial charge in [-0.15, -0.1) is 0 Å². The predicted octanol–water partition coefficient (Wildman–Crippen LogP) is 2.51. The smallest absolute Gasteiger partial charge is 0.378 e. The standard InChI is InChI=1S/C19H18F3N5O2/c20-19(21,22)15-5-4-13(11-23-15)12-24-17(28)16-14-3-1-2-6-27(14)18(25-16)26-7-9-29-10-8-26/h1-6,11H,7-10,12H2,(H,24,28). The first kappa shape index (κ1) is 19.2. The van der Waals surface area contributed by atoms with Crippen LogP contribution < -0.4 is 10.2 Å². The van der Waals surface area contributed by atoms with Gasteiger partial charge in [0.2, 0.25) is 5.95 Å². The third-order valence-corrected chi connectivity index (χ3v) is 4.61. The molecule has 1 N–H and O–H groups in total. The predicted molar refractivity (Wildman–Crippen MR) is 98.6 cm³/mol. The van der Waals surface area contributed by atoms with Crippen molar-refractivity contribution in [3.63, 3.8) is 0 Å². The van der Waals surface area contributed by atoms with Gasteiger partial charge in [-0.05, 0) is 23.8 Å². The lowest BCUT2D eigenvalue weighted by molar-refractivity contribution is -0.141. The number of pyridine rings is 2. The van der Waals surface area contributed by atoms with Crippen molar-refractivity contribution < 1.29 is 22.7 Å². The molecule has 7 nitrogen and oxygen atoms in total. The molecule has 4 rings (SSSR count). The summed E-state index contributed by atoms with van der Waals surface area (Å²) in [5.74, 6) is 0.248. The molecule has 0 atom stereocenters. The van der Waals surface area contributed by atoms with Crippen LogP contribution in [0.4, 0.5) is 19.1 Å². The number of alkyl halides is 3. The number of nitrogens with one attached hydrogen (secondary N) is 1. The van der Waals surface area contributed by atoms with Gasteiger partial charge in [0.05, 0.1) is 18.7 Å². The lowest BCUT2D eigenvalue weighted by atomic mass is 10.2. The first-order chi connectivity index (χ1) is 13.9. The van der Waals surface area contributed by atoms with Crippen molar-refractivity contribution in [2.45, 2.75) is 12.7 Å². The number of imidazole rings is 1. The van der Waals surface area contributed by atoms with E-state index in [0.29, 0.717) is 43.3 Å².